The molecular weight excluding hydrogens is 218 g/mol. The third-order valence-electron chi connectivity index (χ3n) is 2.32. The first-order valence-corrected chi connectivity index (χ1v) is 5.84. The van der Waals surface area contributed by atoms with Crippen LogP contribution in [-0.4, -0.2) is 19.8 Å². The highest BCUT2D eigenvalue weighted by molar-refractivity contribution is 5.84. The van der Waals surface area contributed by atoms with Crippen molar-refractivity contribution in [1.82, 2.24) is 0 Å². The molecule has 94 valence electrons. The minimum atomic E-state index is -0.411. The fourth-order valence-electron chi connectivity index (χ4n) is 1.35. The van der Waals surface area contributed by atoms with E-state index in [4.69, 9.17) is 9.47 Å². The number of methoxy groups -OCH3 is 1. The number of hydrogen-bond donors (Lipinski definition) is 1. The average molecular weight is 237 g/mol. The van der Waals surface area contributed by atoms with E-state index in [-0.39, 0.29) is 0 Å². The van der Waals surface area contributed by atoms with Crippen molar-refractivity contribution in [3.63, 3.8) is 0 Å². The molecule has 0 unspecified atom stereocenters. The molecule has 0 saturated heterocycles. The molecule has 1 N–H and O–H groups in total. The number of benzene rings is 1. The molecule has 0 aliphatic carbocycles. The Hall–Kier alpha value is -1.71. The molecule has 4 heteroatoms. The number of unbranched alkanes of at least 4 members (excludes halogenated alkanes) is 2. The molecule has 0 fully saturated rings. The summed E-state index contributed by atoms with van der Waals surface area (Å²) in [6.45, 7) is 2.58. The second kappa shape index (κ2) is 7.54. The Labute approximate surface area is 102 Å². The Bertz CT molecular complexity index is 335. The number of anilines is 1. The largest absolute Gasteiger partial charge is 0.497 e. The van der Waals surface area contributed by atoms with Crippen molar-refractivity contribution in [3.8, 4) is 5.75 Å². The molecule has 0 aliphatic rings. The van der Waals surface area contributed by atoms with Crippen LogP contribution < -0.4 is 10.1 Å². The van der Waals surface area contributed by atoms with Gasteiger partial charge in [-0.2, -0.15) is 0 Å². The highest BCUT2D eigenvalue weighted by Gasteiger charge is 2.02. The molecule has 0 bridgehead atoms. The van der Waals surface area contributed by atoms with Gasteiger partial charge in [0.1, 0.15) is 5.75 Å². The predicted molar refractivity (Wildman–Crippen MR) is 67.5 cm³/mol. The van der Waals surface area contributed by atoms with Crippen LogP contribution in [0.1, 0.15) is 26.2 Å². The van der Waals surface area contributed by atoms with E-state index in [9.17, 15) is 4.79 Å². The molecule has 0 atom stereocenters. The SMILES string of the molecule is CCCCCOC(=O)Nc1ccc(OC)cc1. The van der Waals surface area contributed by atoms with E-state index in [2.05, 4.69) is 12.2 Å². The number of nitrogens with one attached hydrogen (secondary N) is 1. The molecule has 0 heterocycles. The Morgan fingerprint density at radius 2 is 1.94 bits per heavy atom. The zero-order valence-corrected chi connectivity index (χ0v) is 10.4. The molecule has 0 spiro atoms. The predicted octanol–water partition coefficient (Wildman–Crippen LogP) is 3.43. The van der Waals surface area contributed by atoms with Gasteiger partial charge in [-0.25, -0.2) is 4.79 Å². The zero-order valence-electron chi connectivity index (χ0n) is 10.4. The number of rotatable bonds is 6. The Morgan fingerprint density at radius 3 is 2.53 bits per heavy atom. The molecule has 0 radical (unpaired) electrons. The molecule has 1 amide bonds. The van der Waals surface area contributed by atoms with Crippen LogP contribution >= 0.6 is 0 Å². The molecule has 1 aromatic carbocycles. The van der Waals surface area contributed by atoms with Gasteiger partial charge in [-0.15, -0.1) is 0 Å². The summed E-state index contributed by atoms with van der Waals surface area (Å²) in [5.41, 5.74) is 0.700. The highest BCUT2D eigenvalue weighted by atomic mass is 16.5. The lowest BCUT2D eigenvalue weighted by Gasteiger charge is -2.07. The maximum atomic E-state index is 11.4. The van der Waals surface area contributed by atoms with Crippen LogP contribution in [0.25, 0.3) is 0 Å². The molecule has 1 aromatic rings. The van der Waals surface area contributed by atoms with Crippen molar-refractivity contribution >= 4 is 11.8 Å². The Balaban J connectivity index is 2.29. The lowest BCUT2D eigenvalue weighted by molar-refractivity contribution is 0.159. The number of carbonyl (C=O) groups is 1. The van der Waals surface area contributed by atoms with E-state index in [1.54, 1.807) is 31.4 Å². The van der Waals surface area contributed by atoms with E-state index in [0.717, 1.165) is 25.0 Å². The maximum Gasteiger partial charge on any atom is 0.411 e. The van der Waals surface area contributed by atoms with Gasteiger partial charge in [0.05, 0.1) is 13.7 Å². The van der Waals surface area contributed by atoms with Gasteiger partial charge in [-0.05, 0) is 30.7 Å². The van der Waals surface area contributed by atoms with Gasteiger partial charge < -0.3 is 9.47 Å². The first-order chi connectivity index (χ1) is 8.26. The summed E-state index contributed by atoms with van der Waals surface area (Å²) in [7, 11) is 1.60. The van der Waals surface area contributed by atoms with Gasteiger partial charge in [-0.1, -0.05) is 19.8 Å². The van der Waals surface area contributed by atoms with Crippen molar-refractivity contribution in [2.24, 2.45) is 0 Å². The lowest BCUT2D eigenvalue weighted by Crippen LogP contribution is -2.14. The van der Waals surface area contributed by atoms with Crippen molar-refractivity contribution in [2.75, 3.05) is 19.0 Å². The van der Waals surface area contributed by atoms with Gasteiger partial charge >= 0.3 is 6.09 Å². The van der Waals surface area contributed by atoms with Crippen molar-refractivity contribution < 1.29 is 14.3 Å². The van der Waals surface area contributed by atoms with Gasteiger partial charge in [-0.3, -0.25) is 5.32 Å². The van der Waals surface area contributed by atoms with Crippen LogP contribution in [0.15, 0.2) is 24.3 Å². The first kappa shape index (κ1) is 13.4. The number of ether oxygens (including phenoxy) is 2. The van der Waals surface area contributed by atoms with Gasteiger partial charge in [0.15, 0.2) is 0 Å². The summed E-state index contributed by atoms with van der Waals surface area (Å²) in [5, 5.41) is 2.65. The van der Waals surface area contributed by atoms with E-state index >= 15 is 0 Å². The molecule has 17 heavy (non-hydrogen) atoms. The Kier molecular flexibility index (Phi) is 5.93. The molecule has 0 saturated carbocycles. The van der Waals surface area contributed by atoms with Crippen molar-refractivity contribution in [1.29, 1.82) is 0 Å². The normalized spacial score (nSPS) is 9.76. The summed E-state index contributed by atoms with van der Waals surface area (Å²) in [6, 6.07) is 7.11. The smallest absolute Gasteiger partial charge is 0.411 e. The van der Waals surface area contributed by atoms with Crippen LogP contribution in [0.4, 0.5) is 10.5 Å². The van der Waals surface area contributed by atoms with Crippen molar-refractivity contribution in [3.05, 3.63) is 24.3 Å². The van der Waals surface area contributed by atoms with Crippen LogP contribution in [0.5, 0.6) is 5.75 Å². The summed E-state index contributed by atoms with van der Waals surface area (Å²) in [6.07, 6.45) is 2.69. The zero-order chi connectivity index (χ0) is 12.5. The van der Waals surface area contributed by atoms with E-state index in [1.165, 1.54) is 0 Å². The van der Waals surface area contributed by atoms with Crippen LogP contribution in [0, 0.1) is 0 Å². The fourth-order valence-corrected chi connectivity index (χ4v) is 1.35. The summed E-state index contributed by atoms with van der Waals surface area (Å²) < 4.78 is 10.0. The van der Waals surface area contributed by atoms with E-state index in [1.807, 2.05) is 0 Å². The number of hydrogen-bond acceptors (Lipinski definition) is 3. The van der Waals surface area contributed by atoms with Gasteiger partial charge in [0.2, 0.25) is 0 Å². The quantitative estimate of drug-likeness (QED) is 0.771. The summed E-state index contributed by atoms with van der Waals surface area (Å²) in [4.78, 5) is 11.4. The maximum absolute atomic E-state index is 11.4. The van der Waals surface area contributed by atoms with Crippen LogP contribution in [-0.2, 0) is 4.74 Å². The van der Waals surface area contributed by atoms with Gasteiger partial charge in [0.25, 0.3) is 0 Å². The number of amides is 1. The molecule has 0 aromatic heterocycles. The highest BCUT2D eigenvalue weighted by Crippen LogP contribution is 2.15. The minimum Gasteiger partial charge on any atom is -0.497 e. The average Bonchev–Trinajstić information content (AvgIpc) is 2.36. The van der Waals surface area contributed by atoms with E-state index in [0.29, 0.717) is 12.3 Å². The summed E-state index contributed by atoms with van der Waals surface area (Å²) >= 11 is 0. The van der Waals surface area contributed by atoms with Gasteiger partial charge in [0, 0.05) is 5.69 Å². The van der Waals surface area contributed by atoms with Crippen LogP contribution in [0.2, 0.25) is 0 Å². The molecule has 0 aliphatic heterocycles. The second-order valence-corrected chi connectivity index (χ2v) is 3.70. The summed E-state index contributed by atoms with van der Waals surface area (Å²) in [5.74, 6) is 0.756. The third kappa shape index (κ3) is 5.24. The van der Waals surface area contributed by atoms with Crippen molar-refractivity contribution in [2.45, 2.75) is 26.2 Å². The number of carbonyl (C=O) groups excluding carboxylic acids is 1. The topological polar surface area (TPSA) is 47.6 Å². The standard InChI is InChI=1S/C13H19NO3/c1-3-4-5-10-17-13(15)14-11-6-8-12(16-2)9-7-11/h6-9H,3-5,10H2,1-2H3,(H,14,15). The second-order valence-electron chi connectivity index (χ2n) is 3.70. The lowest BCUT2D eigenvalue weighted by atomic mass is 10.3. The molecule has 4 nitrogen and oxygen atoms in total. The molecular formula is C13H19NO3. The minimum absolute atomic E-state index is 0.411. The van der Waals surface area contributed by atoms with E-state index < -0.39 is 6.09 Å². The monoisotopic (exact) mass is 237 g/mol. The van der Waals surface area contributed by atoms with Crippen LogP contribution in [0.3, 0.4) is 0 Å². The fraction of sp³-hybridized carbons (Fsp3) is 0.462. The Morgan fingerprint density at radius 1 is 1.24 bits per heavy atom. The third-order valence-corrected chi connectivity index (χ3v) is 2.32. The molecule has 1 rings (SSSR count). The first-order valence-electron chi connectivity index (χ1n) is 5.84.